The van der Waals surface area contributed by atoms with Gasteiger partial charge in [0.1, 0.15) is 0 Å². The Balaban J connectivity index is 0.000000574. The quantitative estimate of drug-likeness (QED) is 0.497. The standard InChI is InChI=1S/C12H8N2OS.C2H6/c13-7-1-3-9-11(5-7)16-12-6-8(15)2-4-10(12)14-9;1-2/h1-6H,13H2;1-2H3. The molecule has 3 rings (SSSR count). The molecule has 0 fully saturated rings. The van der Waals surface area contributed by atoms with E-state index in [2.05, 4.69) is 4.98 Å². The third kappa shape index (κ3) is 2.33. The van der Waals surface area contributed by atoms with Crippen LogP contribution < -0.4 is 11.2 Å². The van der Waals surface area contributed by atoms with E-state index in [0.717, 1.165) is 20.8 Å². The number of hydrogen-bond acceptors (Lipinski definition) is 4. The van der Waals surface area contributed by atoms with E-state index in [9.17, 15) is 4.79 Å². The average molecular weight is 258 g/mol. The van der Waals surface area contributed by atoms with Crippen LogP contribution in [0.1, 0.15) is 13.8 Å². The molecule has 1 aromatic rings. The lowest BCUT2D eigenvalue weighted by atomic mass is 10.2. The molecule has 1 aliphatic carbocycles. The maximum absolute atomic E-state index is 11.2. The Labute approximate surface area is 109 Å². The maximum Gasteiger partial charge on any atom is 0.180 e. The van der Waals surface area contributed by atoms with Crippen LogP contribution in [0.5, 0.6) is 0 Å². The highest BCUT2D eigenvalue weighted by Crippen LogP contribution is 2.30. The second-order valence-corrected chi connectivity index (χ2v) is 4.65. The summed E-state index contributed by atoms with van der Waals surface area (Å²) >= 11 is 1.54. The molecule has 0 unspecified atom stereocenters. The molecule has 0 bridgehead atoms. The van der Waals surface area contributed by atoms with Crippen LogP contribution in [0.3, 0.4) is 0 Å². The molecule has 2 N–H and O–H groups in total. The second kappa shape index (κ2) is 5.14. The van der Waals surface area contributed by atoms with E-state index >= 15 is 0 Å². The smallest absolute Gasteiger partial charge is 0.180 e. The number of rotatable bonds is 0. The lowest BCUT2D eigenvalue weighted by Crippen LogP contribution is -1.98. The first kappa shape index (κ1) is 12.5. The predicted octanol–water partition coefficient (Wildman–Crippen LogP) is 3.37. The second-order valence-electron chi connectivity index (χ2n) is 3.57. The van der Waals surface area contributed by atoms with E-state index in [-0.39, 0.29) is 5.43 Å². The minimum atomic E-state index is 0.00815. The SMILES string of the molecule is CC.Nc1ccc2nc3ccc(=O)cc-3sc2c1. The van der Waals surface area contributed by atoms with Gasteiger partial charge in [0.25, 0.3) is 0 Å². The fraction of sp³-hybridized carbons (Fsp3) is 0.143. The molecule has 0 amide bonds. The molecule has 18 heavy (non-hydrogen) atoms. The van der Waals surface area contributed by atoms with Crippen molar-refractivity contribution in [3.8, 4) is 10.6 Å². The van der Waals surface area contributed by atoms with Gasteiger partial charge in [-0.25, -0.2) is 4.98 Å². The van der Waals surface area contributed by atoms with E-state index in [4.69, 9.17) is 5.73 Å². The van der Waals surface area contributed by atoms with Crippen LogP contribution >= 0.6 is 11.3 Å². The number of nitrogen functional groups attached to an aromatic ring is 1. The van der Waals surface area contributed by atoms with Crippen LogP contribution in [0, 0.1) is 0 Å². The Kier molecular flexibility index (Phi) is 3.58. The first-order valence-electron chi connectivity index (χ1n) is 5.82. The van der Waals surface area contributed by atoms with E-state index < -0.39 is 0 Å². The molecular formula is C14H14N2OS. The molecule has 1 aromatic carbocycles. The normalized spacial score (nSPS) is 10.1. The van der Waals surface area contributed by atoms with E-state index in [1.165, 1.54) is 17.4 Å². The molecule has 0 atom stereocenters. The van der Waals surface area contributed by atoms with Crippen molar-refractivity contribution in [3.05, 3.63) is 46.6 Å². The van der Waals surface area contributed by atoms with Crippen molar-refractivity contribution in [1.29, 1.82) is 0 Å². The summed E-state index contributed by atoms with van der Waals surface area (Å²) in [5, 5.41) is 0. The Morgan fingerprint density at radius 2 is 1.89 bits per heavy atom. The Hall–Kier alpha value is -1.94. The molecule has 0 saturated carbocycles. The number of aromatic nitrogens is 1. The first-order chi connectivity index (χ1) is 8.72. The fourth-order valence-corrected chi connectivity index (χ4v) is 2.67. The third-order valence-electron chi connectivity index (χ3n) is 2.38. The van der Waals surface area contributed by atoms with E-state index in [1.54, 1.807) is 12.1 Å². The minimum absolute atomic E-state index is 0.00815. The molecule has 1 aliphatic heterocycles. The topological polar surface area (TPSA) is 56.0 Å². The van der Waals surface area contributed by atoms with Gasteiger partial charge in [-0.2, -0.15) is 0 Å². The highest BCUT2D eigenvalue weighted by atomic mass is 32.1. The Morgan fingerprint density at radius 3 is 2.67 bits per heavy atom. The third-order valence-corrected chi connectivity index (χ3v) is 3.47. The highest BCUT2D eigenvalue weighted by Gasteiger charge is 2.06. The highest BCUT2D eigenvalue weighted by molar-refractivity contribution is 7.21. The van der Waals surface area contributed by atoms with Crippen molar-refractivity contribution in [2.24, 2.45) is 0 Å². The number of benzene rings is 2. The van der Waals surface area contributed by atoms with Crippen LogP contribution in [0.15, 0.2) is 41.2 Å². The van der Waals surface area contributed by atoms with Crippen molar-refractivity contribution >= 4 is 27.2 Å². The zero-order valence-electron chi connectivity index (χ0n) is 10.3. The molecule has 0 saturated heterocycles. The number of nitrogens with two attached hydrogens (primary N) is 1. The van der Waals surface area contributed by atoms with Gasteiger partial charge in [0.15, 0.2) is 5.43 Å². The van der Waals surface area contributed by atoms with Gasteiger partial charge in [-0.3, -0.25) is 4.79 Å². The summed E-state index contributed by atoms with van der Waals surface area (Å²) in [6.07, 6.45) is 0. The first-order valence-corrected chi connectivity index (χ1v) is 6.64. The van der Waals surface area contributed by atoms with Crippen LogP contribution in [0.4, 0.5) is 5.69 Å². The molecule has 0 aromatic heterocycles. The number of anilines is 1. The van der Waals surface area contributed by atoms with E-state index in [0.29, 0.717) is 5.69 Å². The summed E-state index contributed by atoms with van der Waals surface area (Å²) in [6.45, 7) is 4.00. The zero-order valence-corrected chi connectivity index (χ0v) is 11.1. The Bertz CT molecular complexity index is 706. The number of hydrogen-bond donors (Lipinski definition) is 1. The van der Waals surface area contributed by atoms with Gasteiger partial charge in [0.2, 0.25) is 0 Å². The molecule has 4 heteroatoms. The van der Waals surface area contributed by atoms with Crippen molar-refractivity contribution in [1.82, 2.24) is 4.98 Å². The summed E-state index contributed by atoms with van der Waals surface area (Å²) in [4.78, 5) is 16.6. The maximum atomic E-state index is 11.2. The molecule has 0 radical (unpaired) electrons. The van der Waals surface area contributed by atoms with Gasteiger partial charge >= 0.3 is 0 Å². The summed E-state index contributed by atoms with van der Waals surface area (Å²) in [7, 11) is 0. The van der Waals surface area contributed by atoms with E-state index in [1.807, 2.05) is 32.0 Å². The molecule has 92 valence electrons. The van der Waals surface area contributed by atoms with Crippen LogP contribution in [0.25, 0.3) is 20.8 Å². The minimum Gasteiger partial charge on any atom is -0.399 e. The van der Waals surface area contributed by atoms with Gasteiger partial charge in [0.05, 0.1) is 20.8 Å². The van der Waals surface area contributed by atoms with Gasteiger partial charge in [-0.1, -0.05) is 13.8 Å². The van der Waals surface area contributed by atoms with Gasteiger partial charge in [0, 0.05) is 11.8 Å². The summed E-state index contributed by atoms with van der Waals surface area (Å²) in [5.74, 6) is 0. The van der Waals surface area contributed by atoms with Crippen molar-refractivity contribution in [2.75, 3.05) is 5.73 Å². The Morgan fingerprint density at radius 1 is 1.11 bits per heavy atom. The fourth-order valence-electron chi connectivity index (χ4n) is 1.62. The predicted molar refractivity (Wildman–Crippen MR) is 78.3 cm³/mol. The van der Waals surface area contributed by atoms with Gasteiger partial charge in [-0.15, -0.1) is 11.3 Å². The molecule has 2 aliphatic rings. The van der Waals surface area contributed by atoms with Crippen LogP contribution in [0.2, 0.25) is 0 Å². The number of fused-ring (bicyclic) bond motifs is 2. The van der Waals surface area contributed by atoms with Crippen molar-refractivity contribution in [3.63, 3.8) is 0 Å². The summed E-state index contributed by atoms with van der Waals surface area (Å²) in [6, 6.07) is 10.5. The zero-order chi connectivity index (χ0) is 13.1. The summed E-state index contributed by atoms with van der Waals surface area (Å²) < 4.78 is 0.998. The molecule has 3 nitrogen and oxygen atoms in total. The van der Waals surface area contributed by atoms with Crippen LogP contribution in [-0.4, -0.2) is 4.98 Å². The van der Waals surface area contributed by atoms with Gasteiger partial charge < -0.3 is 5.73 Å². The molecular weight excluding hydrogens is 244 g/mol. The molecule has 0 spiro atoms. The average Bonchev–Trinajstić information content (AvgIpc) is 2.38. The lowest BCUT2D eigenvalue weighted by molar-refractivity contribution is 1.41. The van der Waals surface area contributed by atoms with Gasteiger partial charge in [-0.05, 0) is 30.3 Å². The monoisotopic (exact) mass is 258 g/mol. The lowest BCUT2D eigenvalue weighted by Gasteiger charge is -2.05. The van der Waals surface area contributed by atoms with Crippen LogP contribution in [-0.2, 0) is 0 Å². The largest absolute Gasteiger partial charge is 0.399 e. The molecule has 1 heterocycles. The van der Waals surface area contributed by atoms with Crippen molar-refractivity contribution < 1.29 is 0 Å². The number of nitrogens with zero attached hydrogens (tertiary/aromatic N) is 1. The van der Waals surface area contributed by atoms with Crippen molar-refractivity contribution in [2.45, 2.75) is 13.8 Å². The summed E-state index contributed by atoms with van der Waals surface area (Å²) in [5.41, 5.74) is 8.19.